The van der Waals surface area contributed by atoms with Gasteiger partial charge in [-0.2, -0.15) is 5.26 Å². The van der Waals surface area contributed by atoms with Gasteiger partial charge in [0.25, 0.3) is 5.88 Å². The normalized spacial score (nSPS) is 19.2. The summed E-state index contributed by atoms with van der Waals surface area (Å²) < 4.78 is 53.7. The summed E-state index contributed by atoms with van der Waals surface area (Å²) in [6, 6.07) is 7.97. The van der Waals surface area contributed by atoms with Crippen LogP contribution in [0.25, 0.3) is 11.1 Å². The quantitative estimate of drug-likeness (QED) is 0.204. The van der Waals surface area contributed by atoms with Crippen LogP contribution in [-0.4, -0.2) is 110 Å². The second-order valence-electron chi connectivity index (χ2n) is 12.2. The van der Waals surface area contributed by atoms with E-state index in [1.165, 1.54) is 13.4 Å². The molecule has 2 fully saturated rings. The summed E-state index contributed by atoms with van der Waals surface area (Å²) in [5.74, 6) is -2.53. The molecule has 0 radical (unpaired) electrons. The molecule has 15 nitrogen and oxygen atoms in total. The molecule has 1 saturated heterocycles. The van der Waals surface area contributed by atoms with Gasteiger partial charge >= 0.3 is 5.92 Å². The minimum atomic E-state index is -3.20. The van der Waals surface area contributed by atoms with Gasteiger partial charge in [0.15, 0.2) is 6.61 Å². The molecule has 6 rings (SSSR count). The zero-order valence-electron chi connectivity index (χ0n) is 27.4. The van der Waals surface area contributed by atoms with Crippen molar-refractivity contribution in [2.75, 3.05) is 51.9 Å². The van der Waals surface area contributed by atoms with E-state index in [1.54, 1.807) is 46.2 Å². The predicted molar refractivity (Wildman–Crippen MR) is 172 cm³/mol. The van der Waals surface area contributed by atoms with Crippen molar-refractivity contribution in [3.8, 4) is 28.8 Å². The zero-order chi connectivity index (χ0) is 34.2. The lowest BCUT2D eigenvalue weighted by Crippen LogP contribution is -2.45. The molecule has 4 aromatic rings. The van der Waals surface area contributed by atoms with E-state index in [9.17, 15) is 14.0 Å². The van der Waals surface area contributed by atoms with Crippen LogP contribution >= 0.6 is 0 Å². The molecule has 1 aromatic carbocycles. The number of hydrogen-bond acceptors (Lipinski definition) is 13. The smallest absolute Gasteiger partial charge is 0.304 e. The molecular formula is C32H39F2N11O4. The van der Waals surface area contributed by atoms with Gasteiger partial charge in [0.2, 0.25) is 5.95 Å². The number of nitriles is 1. The molecule has 1 aliphatic carbocycles. The Hall–Kier alpha value is -4.79. The SMILES string of the molecule is COCC(F)(F)COc1nn([C@H]2CC[C@H](N3CCOCC3)CC2)cc1Nc1ncc(-c2ccc(C#N)c(O[C@@H](C)Cn3cnnn3)c2)cn1. The highest BCUT2D eigenvalue weighted by Gasteiger charge is 2.32. The highest BCUT2D eigenvalue weighted by Crippen LogP contribution is 2.35. The van der Waals surface area contributed by atoms with Crippen LogP contribution in [0.4, 0.5) is 20.4 Å². The molecule has 260 valence electrons. The monoisotopic (exact) mass is 679 g/mol. The highest BCUT2D eigenvalue weighted by molar-refractivity contribution is 5.67. The van der Waals surface area contributed by atoms with Crippen molar-refractivity contribution >= 4 is 11.6 Å². The third kappa shape index (κ3) is 8.82. The van der Waals surface area contributed by atoms with E-state index in [0.29, 0.717) is 35.2 Å². The van der Waals surface area contributed by atoms with E-state index in [1.807, 2.05) is 6.92 Å². The van der Waals surface area contributed by atoms with Gasteiger partial charge in [-0.3, -0.25) is 9.58 Å². The van der Waals surface area contributed by atoms with Crippen molar-refractivity contribution in [1.82, 2.24) is 44.9 Å². The van der Waals surface area contributed by atoms with Gasteiger partial charge in [-0.05, 0) is 60.7 Å². The van der Waals surface area contributed by atoms with Gasteiger partial charge in [-0.25, -0.2) is 23.4 Å². The van der Waals surface area contributed by atoms with Crippen molar-refractivity contribution in [2.24, 2.45) is 0 Å². The lowest BCUT2D eigenvalue weighted by atomic mass is 9.90. The van der Waals surface area contributed by atoms with Crippen LogP contribution < -0.4 is 14.8 Å². The lowest BCUT2D eigenvalue weighted by Gasteiger charge is -2.38. The third-order valence-corrected chi connectivity index (χ3v) is 8.57. The number of halogens is 2. The molecule has 3 aromatic heterocycles. The molecular weight excluding hydrogens is 640 g/mol. The number of alkyl halides is 2. The Morgan fingerprint density at radius 3 is 2.53 bits per heavy atom. The first kappa shape index (κ1) is 34.1. The number of nitrogens with one attached hydrogen (secondary N) is 1. The first-order valence-electron chi connectivity index (χ1n) is 16.2. The first-order chi connectivity index (χ1) is 23.8. The Kier molecular flexibility index (Phi) is 10.9. The fourth-order valence-corrected chi connectivity index (χ4v) is 6.15. The van der Waals surface area contributed by atoms with Crippen molar-refractivity contribution in [3.63, 3.8) is 0 Å². The van der Waals surface area contributed by atoms with Gasteiger partial charge in [0.05, 0.1) is 37.6 Å². The number of anilines is 2. The first-order valence-corrected chi connectivity index (χ1v) is 16.2. The molecule has 1 atom stereocenters. The Labute approximate surface area is 282 Å². The summed E-state index contributed by atoms with van der Waals surface area (Å²) >= 11 is 0. The number of rotatable bonds is 14. The maximum atomic E-state index is 14.3. The lowest BCUT2D eigenvalue weighted by molar-refractivity contribution is -0.0917. The van der Waals surface area contributed by atoms with Crippen LogP contribution in [-0.2, 0) is 16.0 Å². The van der Waals surface area contributed by atoms with Gasteiger partial charge in [-0.1, -0.05) is 6.07 Å². The number of aromatic nitrogens is 8. The van der Waals surface area contributed by atoms with Gasteiger partial charge in [0.1, 0.15) is 36.5 Å². The minimum Gasteiger partial charge on any atom is -0.487 e. The minimum absolute atomic E-state index is 0.0310. The maximum absolute atomic E-state index is 14.3. The Morgan fingerprint density at radius 2 is 1.84 bits per heavy atom. The highest BCUT2D eigenvalue weighted by atomic mass is 19.3. The topological polar surface area (TPSA) is 163 Å². The fraction of sp³-hybridized carbons (Fsp3) is 0.531. The summed E-state index contributed by atoms with van der Waals surface area (Å²) in [7, 11) is 1.22. The van der Waals surface area contributed by atoms with E-state index in [2.05, 4.69) is 51.6 Å². The average Bonchev–Trinajstić information content (AvgIpc) is 3.78. The Bertz CT molecular complexity index is 1680. The summed E-state index contributed by atoms with van der Waals surface area (Å²) in [6.45, 7) is 4.00. The van der Waals surface area contributed by atoms with Crippen LogP contribution in [0.15, 0.2) is 43.1 Å². The van der Waals surface area contributed by atoms with Gasteiger partial charge in [-0.15, -0.1) is 10.2 Å². The van der Waals surface area contributed by atoms with E-state index < -0.39 is 19.1 Å². The number of nitrogens with zero attached hydrogens (tertiary/aromatic N) is 10. The molecule has 0 unspecified atom stereocenters. The fourth-order valence-electron chi connectivity index (χ4n) is 6.15. The van der Waals surface area contributed by atoms with Crippen LogP contribution in [0, 0.1) is 11.3 Å². The summed E-state index contributed by atoms with van der Waals surface area (Å²) in [5, 5.41) is 28.4. The second kappa shape index (κ2) is 15.6. The molecule has 0 spiro atoms. The molecule has 17 heteroatoms. The van der Waals surface area contributed by atoms with Gasteiger partial charge in [0, 0.05) is 44.2 Å². The van der Waals surface area contributed by atoms with Crippen molar-refractivity contribution in [3.05, 3.63) is 48.7 Å². The van der Waals surface area contributed by atoms with E-state index in [-0.39, 0.29) is 24.0 Å². The van der Waals surface area contributed by atoms with Crippen LogP contribution in [0.5, 0.6) is 11.6 Å². The van der Waals surface area contributed by atoms with Crippen molar-refractivity contribution in [2.45, 2.75) is 63.3 Å². The summed E-state index contributed by atoms with van der Waals surface area (Å²) in [4.78, 5) is 11.4. The number of benzene rings is 1. The maximum Gasteiger partial charge on any atom is 0.304 e. The summed E-state index contributed by atoms with van der Waals surface area (Å²) in [5.41, 5.74) is 2.17. The van der Waals surface area contributed by atoms with Crippen LogP contribution in [0.2, 0.25) is 0 Å². The molecule has 1 N–H and O–H groups in total. The third-order valence-electron chi connectivity index (χ3n) is 8.57. The van der Waals surface area contributed by atoms with E-state index in [0.717, 1.165) is 57.6 Å². The summed E-state index contributed by atoms with van der Waals surface area (Å²) in [6.07, 6.45) is 10.0. The Balaban J connectivity index is 1.16. The van der Waals surface area contributed by atoms with Crippen molar-refractivity contribution < 1.29 is 27.7 Å². The number of ether oxygens (including phenoxy) is 4. The predicted octanol–water partition coefficient (Wildman–Crippen LogP) is 3.89. The van der Waals surface area contributed by atoms with E-state index in [4.69, 9.17) is 14.2 Å². The van der Waals surface area contributed by atoms with Gasteiger partial charge < -0.3 is 24.3 Å². The number of morpholine rings is 1. The molecule has 1 aliphatic heterocycles. The van der Waals surface area contributed by atoms with Crippen molar-refractivity contribution in [1.29, 1.82) is 5.26 Å². The average molecular weight is 680 g/mol. The molecule has 49 heavy (non-hydrogen) atoms. The Morgan fingerprint density at radius 1 is 1.08 bits per heavy atom. The number of methoxy groups -OCH3 is 1. The molecule has 0 amide bonds. The van der Waals surface area contributed by atoms with Crippen LogP contribution in [0.3, 0.4) is 0 Å². The molecule has 4 heterocycles. The number of tetrazole rings is 1. The molecule has 1 saturated carbocycles. The molecule has 2 aliphatic rings. The standard InChI is InChI=1S/C32H39F2N11O4/c1-22(17-44-21-38-41-42-44)49-29-13-23(3-4-24(29)14-35)25-15-36-31(37-16-25)39-28-18-45(40-30(28)48-20-32(33,34)19-46-2)27-7-5-26(6-8-27)43-9-11-47-12-10-43/h3-4,13,15-16,18,21-22,26-27H,5-12,17,19-20H2,1-2H3,(H,36,37,39)/t22-,26-,27-/m0/s1. The zero-order valence-corrected chi connectivity index (χ0v) is 27.4. The molecule has 0 bridgehead atoms. The van der Waals surface area contributed by atoms with E-state index >= 15 is 0 Å². The largest absolute Gasteiger partial charge is 0.487 e. The second-order valence-corrected chi connectivity index (χ2v) is 12.2. The number of hydrogen-bond donors (Lipinski definition) is 1. The van der Waals surface area contributed by atoms with Crippen LogP contribution in [0.1, 0.15) is 44.2 Å².